The van der Waals surface area contributed by atoms with Gasteiger partial charge in [-0.15, -0.1) is 0 Å². The quantitative estimate of drug-likeness (QED) is 0.784. The Balaban J connectivity index is 3.08. The lowest BCUT2D eigenvalue weighted by Crippen LogP contribution is -2.35. The van der Waals surface area contributed by atoms with E-state index < -0.39 is 10.0 Å². The smallest absolute Gasteiger partial charge is 0.243 e. The number of benzene rings is 1. The molecule has 0 radical (unpaired) electrons. The Morgan fingerprint density at radius 2 is 1.85 bits per heavy atom. The molecule has 20 heavy (non-hydrogen) atoms. The summed E-state index contributed by atoms with van der Waals surface area (Å²) >= 11 is 5.84. The molecular formula is C14H23ClN2O2S. The molecule has 0 amide bonds. The van der Waals surface area contributed by atoms with E-state index in [0.717, 1.165) is 12.8 Å². The van der Waals surface area contributed by atoms with E-state index in [2.05, 4.69) is 13.8 Å². The fraction of sp³-hybridized carbons (Fsp3) is 0.571. The molecule has 0 bridgehead atoms. The summed E-state index contributed by atoms with van der Waals surface area (Å²) in [5.74, 6) is 0.370. The monoisotopic (exact) mass is 318 g/mol. The summed E-state index contributed by atoms with van der Waals surface area (Å²) in [6.07, 6.45) is 1.93. The number of halogens is 1. The molecule has 0 atom stereocenters. The highest BCUT2D eigenvalue weighted by atomic mass is 35.5. The van der Waals surface area contributed by atoms with Gasteiger partial charge < -0.3 is 5.73 Å². The van der Waals surface area contributed by atoms with Crippen LogP contribution in [0.4, 0.5) is 5.69 Å². The van der Waals surface area contributed by atoms with Crippen molar-refractivity contribution in [2.45, 2.75) is 38.5 Å². The number of hydrogen-bond donors (Lipinski definition) is 1. The van der Waals surface area contributed by atoms with Crippen molar-refractivity contribution in [1.82, 2.24) is 4.31 Å². The zero-order chi connectivity index (χ0) is 15.3. The van der Waals surface area contributed by atoms with Gasteiger partial charge in [0.05, 0.1) is 15.6 Å². The Labute approximate surface area is 127 Å². The average molecular weight is 319 g/mol. The second-order valence-corrected chi connectivity index (χ2v) is 7.17. The minimum Gasteiger partial charge on any atom is -0.397 e. The van der Waals surface area contributed by atoms with Gasteiger partial charge in [0, 0.05) is 13.1 Å². The number of nitrogens with two attached hydrogens (primary N) is 1. The highest BCUT2D eigenvalue weighted by Gasteiger charge is 2.25. The van der Waals surface area contributed by atoms with E-state index >= 15 is 0 Å². The molecule has 114 valence electrons. The first-order valence-electron chi connectivity index (χ1n) is 6.91. The second-order valence-electron chi connectivity index (χ2n) is 4.82. The molecule has 0 unspecified atom stereocenters. The molecule has 0 aliphatic carbocycles. The lowest BCUT2D eigenvalue weighted by molar-refractivity contribution is 0.339. The van der Waals surface area contributed by atoms with Crippen molar-refractivity contribution >= 4 is 27.3 Å². The molecule has 0 fully saturated rings. The summed E-state index contributed by atoms with van der Waals surface area (Å²) in [5, 5.41) is 0.368. The molecule has 0 heterocycles. The number of sulfonamides is 1. The van der Waals surface area contributed by atoms with Crippen LogP contribution in [0.25, 0.3) is 0 Å². The summed E-state index contributed by atoms with van der Waals surface area (Å²) in [6.45, 7) is 6.98. The van der Waals surface area contributed by atoms with Gasteiger partial charge in [-0.2, -0.15) is 4.31 Å². The van der Waals surface area contributed by atoms with Crippen molar-refractivity contribution in [3.63, 3.8) is 0 Å². The van der Waals surface area contributed by atoms with E-state index in [1.807, 2.05) is 6.92 Å². The molecule has 4 nitrogen and oxygen atoms in total. The zero-order valence-electron chi connectivity index (χ0n) is 12.3. The third-order valence-corrected chi connectivity index (χ3v) is 5.86. The summed E-state index contributed by atoms with van der Waals surface area (Å²) in [6, 6.07) is 4.45. The molecule has 1 aromatic carbocycles. The zero-order valence-corrected chi connectivity index (χ0v) is 13.8. The average Bonchev–Trinajstić information content (AvgIpc) is 2.42. The second kappa shape index (κ2) is 7.29. The van der Waals surface area contributed by atoms with Gasteiger partial charge in [0.25, 0.3) is 0 Å². The summed E-state index contributed by atoms with van der Waals surface area (Å²) in [7, 11) is -3.51. The van der Waals surface area contributed by atoms with Gasteiger partial charge >= 0.3 is 0 Å². The standard InChI is InChI=1S/C14H23ClN2O2S/c1-4-11(5-2)10-17(6-3)20(18,19)12-7-8-13(15)14(16)9-12/h7-9,11H,4-6,10,16H2,1-3H3. The van der Waals surface area contributed by atoms with E-state index in [-0.39, 0.29) is 10.6 Å². The van der Waals surface area contributed by atoms with E-state index in [0.29, 0.717) is 24.0 Å². The van der Waals surface area contributed by atoms with Gasteiger partial charge in [0.2, 0.25) is 10.0 Å². The SMILES string of the molecule is CCC(CC)CN(CC)S(=O)(=O)c1ccc(Cl)c(N)c1. The predicted octanol–water partition coefficient (Wildman–Crippen LogP) is 3.37. The van der Waals surface area contributed by atoms with Crippen LogP contribution < -0.4 is 5.73 Å². The Morgan fingerprint density at radius 1 is 1.25 bits per heavy atom. The molecule has 0 saturated heterocycles. The minimum absolute atomic E-state index is 0.201. The van der Waals surface area contributed by atoms with Gasteiger partial charge in [-0.1, -0.05) is 45.2 Å². The maximum Gasteiger partial charge on any atom is 0.243 e. The van der Waals surface area contributed by atoms with Crippen LogP contribution in [0, 0.1) is 5.92 Å². The van der Waals surface area contributed by atoms with Crippen LogP contribution >= 0.6 is 11.6 Å². The van der Waals surface area contributed by atoms with Crippen LogP contribution in [0.15, 0.2) is 23.1 Å². The van der Waals surface area contributed by atoms with E-state index in [4.69, 9.17) is 17.3 Å². The molecule has 1 aromatic rings. The first-order chi connectivity index (χ1) is 9.36. The van der Waals surface area contributed by atoms with Crippen molar-refractivity contribution in [3.8, 4) is 0 Å². The van der Waals surface area contributed by atoms with Crippen molar-refractivity contribution in [2.75, 3.05) is 18.8 Å². The normalized spacial score (nSPS) is 12.3. The predicted molar refractivity (Wildman–Crippen MR) is 84.4 cm³/mol. The van der Waals surface area contributed by atoms with Gasteiger partial charge in [-0.25, -0.2) is 8.42 Å². The maximum atomic E-state index is 12.6. The van der Waals surface area contributed by atoms with E-state index in [1.54, 1.807) is 0 Å². The third-order valence-electron chi connectivity index (χ3n) is 3.57. The topological polar surface area (TPSA) is 63.4 Å². The van der Waals surface area contributed by atoms with Crippen molar-refractivity contribution in [1.29, 1.82) is 0 Å². The minimum atomic E-state index is -3.51. The van der Waals surface area contributed by atoms with Crippen LogP contribution in [0.5, 0.6) is 0 Å². The molecule has 6 heteroatoms. The largest absolute Gasteiger partial charge is 0.397 e. The Hall–Kier alpha value is -0.780. The molecule has 0 aliphatic rings. The number of anilines is 1. The van der Waals surface area contributed by atoms with Crippen molar-refractivity contribution in [3.05, 3.63) is 23.2 Å². The number of nitrogen functional groups attached to an aromatic ring is 1. The molecule has 0 spiro atoms. The van der Waals surface area contributed by atoms with Gasteiger partial charge in [-0.3, -0.25) is 0 Å². The number of hydrogen-bond acceptors (Lipinski definition) is 3. The van der Waals surface area contributed by atoms with Crippen LogP contribution in [-0.2, 0) is 10.0 Å². The lowest BCUT2D eigenvalue weighted by atomic mass is 10.0. The van der Waals surface area contributed by atoms with Crippen LogP contribution in [0.1, 0.15) is 33.6 Å². The van der Waals surface area contributed by atoms with Crippen molar-refractivity contribution < 1.29 is 8.42 Å². The Kier molecular flexibility index (Phi) is 6.30. The Bertz CT molecular complexity index is 542. The Morgan fingerprint density at radius 3 is 2.30 bits per heavy atom. The lowest BCUT2D eigenvalue weighted by Gasteiger charge is -2.25. The maximum absolute atomic E-state index is 12.6. The molecule has 0 aromatic heterocycles. The molecule has 2 N–H and O–H groups in total. The first kappa shape index (κ1) is 17.3. The van der Waals surface area contributed by atoms with Crippen LogP contribution in [0.3, 0.4) is 0 Å². The molecule has 1 rings (SSSR count). The highest BCUT2D eigenvalue weighted by molar-refractivity contribution is 7.89. The first-order valence-corrected chi connectivity index (χ1v) is 8.73. The summed E-state index contributed by atoms with van der Waals surface area (Å²) < 4.78 is 26.8. The van der Waals surface area contributed by atoms with Gasteiger partial charge in [0.15, 0.2) is 0 Å². The van der Waals surface area contributed by atoms with Crippen LogP contribution in [-0.4, -0.2) is 25.8 Å². The number of rotatable bonds is 7. The highest BCUT2D eigenvalue weighted by Crippen LogP contribution is 2.25. The molecular weight excluding hydrogens is 296 g/mol. The van der Waals surface area contributed by atoms with Crippen molar-refractivity contribution in [2.24, 2.45) is 5.92 Å². The third kappa shape index (κ3) is 3.87. The fourth-order valence-electron chi connectivity index (χ4n) is 2.06. The summed E-state index contributed by atoms with van der Waals surface area (Å²) in [5.41, 5.74) is 5.98. The van der Waals surface area contributed by atoms with E-state index in [9.17, 15) is 8.42 Å². The molecule has 0 saturated carbocycles. The molecule has 0 aliphatic heterocycles. The number of nitrogens with zero attached hydrogens (tertiary/aromatic N) is 1. The van der Waals surface area contributed by atoms with E-state index in [1.165, 1.54) is 22.5 Å². The summed E-state index contributed by atoms with van der Waals surface area (Å²) in [4.78, 5) is 0.201. The van der Waals surface area contributed by atoms with Crippen LogP contribution in [0.2, 0.25) is 5.02 Å². The fourth-order valence-corrected chi connectivity index (χ4v) is 3.74. The van der Waals surface area contributed by atoms with Gasteiger partial charge in [0.1, 0.15) is 0 Å². The van der Waals surface area contributed by atoms with Gasteiger partial charge in [-0.05, 0) is 24.1 Å².